The van der Waals surface area contributed by atoms with Crippen molar-refractivity contribution in [3.63, 3.8) is 0 Å². The quantitative estimate of drug-likeness (QED) is 0.819. The van der Waals surface area contributed by atoms with Crippen LogP contribution in [0.4, 0.5) is 0 Å². The molecule has 1 aromatic heterocycles. The van der Waals surface area contributed by atoms with Gasteiger partial charge in [-0.3, -0.25) is 4.79 Å². The summed E-state index contributed by atoms with van der Waals surface area (Å²) >= 11 is 12.1. The third kappa shape index (κ3) is 4.29. The number of nitrogens with zero attached hydrogens (tertiary/aromatic N) is 2. The van der Waals surface area contributed by atoms with E-state index < -0.39 is 0 Å². The average Bonchev–Trinajstić information content (AvgIpc) is 2.94. The van der Waals surface area contributed by atoms with E-state index in [0.717, 1.165) is 17.9 Å². The summed E-state index contributed by atoms with van der Waals surface area (Å²) < 4.78 is 1.75. The fourth-order valence-electron chi connectivity index (χ4n) is 2.43. The lowest BCUT2D eigenvalue weighted by molar-refractivity contribution is -0.856. The number of amides is 1. The average molecular weight is 370 g/mol. The normalized spacial score (nSPS) is 11.3. The van der Waals surface area contributed by atoms with E-state index in [0.29, 0.717) is 22.2 Å². The Morgan fingerprint density at radius 3 is 2.58 bits per heavy atom. The van der Waals surface area contributed by atoms with Crippen LogP contribution in [0.25, 0.3) is 5.69 Å². The molecule has 5 nitrogen and oxygen atoms in total. The van der Waals surface area contributed by atoms with Crippen LogP contribution in [0.5, 0.6) is 0 Å². The molecule has 0 aliphatic carbocycles. The summed E-state index contributed by atoms with van der Waals surface area (Å²) in [5.74, 6) is 0.0217. The number of benzene rings is 1. The van der Waals surface area contributed by atoms with Crippen LogP contribution in [-0.2, 0) is 0 Å². The summed E-state index contributed by atoms with van der Waals surface area (Å²) in [6.07, 6.45) is 1.61. The summed E-state index contributed by atoms with van der Waals surface area (Å²) in [5.41, 5.74) is 2.22. The smallest absolute Gasteiger partial charge is 0.254 e. The number of rotatable bonds is 6. The predicted octanol–water partition coefficient (Wildman–Crippen LogP) is 2.18. The van der Waals surface area contributed by atoms with Gasteiger partial charge in [0.1, 0.15) is 0 Å². The minimum Gasteiger partial charge on any atom is -0.346 e. The summed E-state index contributed by atoms with van der Waals surface area (Å²) in [5, 5.41) is 8.29. The van der Waals surface area contributed by atoms with Crippen molar-refractivity contribution in [1.29, 1.82) is 0 Å². The standard InChI is InChI=1S/C17H22Cl2N4O/c1-11(2)16-13(17(24)20-7-8-22(3)4)10-21-23(16)12-5-6-14(18)15(19)9-12/h5-6,9-11H,7-8H2,1-4H3,(H,20,24)/p+1. The van der Waals surface area contributed by atoms with E-state index in [1.54, 1.807) is 23.0 Å². The maximum Gasteiger partial charge on any atom is 0.254 e. The van der Waals surface area contributed by atoms with Crippen LogP contribution >= 0.6 is 23.2 Å². The molecule has 0 saturated carbocycles. The van der Waals surface area contributed by atoms with Gasteiger partial charge in [0.15, 0.2) is 0 Å². The molecule has 0 aliphatic heterocycles. The van der Waals surface area contributed by atoms with Crippen LogP contribution in [0.3, 0.4) is 0 Å². The van der Waals surface area contributed by atoms with Gasteiger partial charge in [-0.1, -0.05) is 37.0 Å². The van der Waals surface area contributed by atoms with Crippen LogP contribution < -0.4 is 10.2 Å². The van der Waals surface area contributed by atoms with E-state index >= 15 is 0 Å². The first kappa shape index (κ1) is 18.8. The molecular formula is C17H23Cl2N4O+. The maximum absolute atomic E-state index is 12.5. The number of hydrogen-bond acceptors (Lipinski definition) is 2. The number of aromatic nitrogens is 2. The van der Waals surface area contributed by atoms with Crippen LogP contribution in [-0.4, -0.2) is 42.9 Å². The highest BCUT2D eigenvalue weighted by atomic mass is 35.5. The van der Waals surface area contributed by atoms with Crippen LogP contribution in [0, 0.1) is 0 Å². The zero-order valence-corrected chi connectivity index (χ0v) is 15.9. The Balaban J connectivity index is 2.33. The first-order valence-electron chi connectivity index (χ1n) is 7.91. The van der Waals surface area contributed by atoms with Gasteiger partial charge >= 0.3 is 0 Å². The topological polar surface area (TPSA) is 51.4 Å². The van der Waals surface area contributed by atoms with E-state index in [9.17, 15) is 4.79 Å². The van der Waals surface area contributed by atoms with Crippen LogP contribution in [0.1, 0.15) is 35.8 Å². The Morgan fingerprint density at radius 2 is 2.00 bits per heavy atom. The number of carbonyl (C=O) groups is 1. The highest BCUT2D eigenvalue weighted by Crippen LogP contribution is 2.28. The van der Waals surface area contributed by atoms with E-state index in [1.807, 2.05) is 34.0 Å². The van der Waals surface area contributed by atoms with Gasteiger partial charge in [-0.15, -0.1) is 0 Å². The van der Waals surface area contributed by atoms with Crippen molar-refractivity contribution in [3.8, 4) is 5.69 Å². The fraction of sp³-hybridized carbons (Fsp3) is 0.412. The van der Waals surface area contributed by atoms with E-state index in [-0.39, 0.29) is 11.8 Å². The van der Waals surface area contributed by atoms with Gasteiger partial charge in [0.2, 0.25) is 0 Å². The molecule has 1 heterocycles. The highest BCUT2D eigenvalue weighted by Gasteiger charge is 2.21. The van der Waals surface area contributed by atoms with Gasteiger partial charge in [-0.05, 0) is 24.1 Å². The number of likely N-dealkylation sites (N-methyl/N-ethyl adjacent to an activating group) is 1. The second-order valence-electron chi connectivity index (χ2n) is 6.32. The zero-order valence-electron chi connectivity index (χ0n) is 14.4. The van der Waals surface area contributed by atoms with Gasteiger partial charge in [-0.25, -0.2) is 4.68 Å². The summed E-state index contributed by atoms with van der Waals surface area (Å²) in [4.78, 5) is 13.8. The first-order chi connectivity index (χ1) is 11.3. The lowest BCUT2D eigenvalue weighted by atomic mass is 10.1. The fourth-order valence-corrected chi connectivity index (χ4v) is 2.72. The highest BCUT2D eigenvalue weighted by molar-refractivity contribution is 6.42. The summed E-state index contributed by atoms with van der Waals surface area (Å²) in [7, 11) is 4.10. The first-order valence-corrected chi connectivity index (χ1v) is 8.67. The molecule has 0 aliphatic rings. The molecule has 24 heavy (non-hydrogen) atoms. The summed E-state index contributed by atoms with van der Waals surface area (Å²) in [6.45, 7) is 5.55. The molecule has 2 N–H and O–H groups in total. The lowest BCUT2D eigenvalue weighted by Gasteiger charge is -2.14. The Bertz CT molecular complexity index is 725. The number of hydrogen-bond donors (Lipinski definition) is 2. The van der Waals surface area contributed by atoms with Gasteiger partial charge in [0, 0.05) is 0 Å². The van der Waals surface area contributed by atoms with E-state index in [4.69, 9.17) is 23.2 Å². The molecule has 0 bridgehead atoms. The van der Waals surface area contributed by atoms with Crippen molar-refractivity contribution in [1.82, 2.24) is 15.1 Å². The molecule has 0 unspecified atom stereocenters. The van der Waals surface area contributed by atoms with E-state index in [1.165, 1.54) is 4.90 Å². The second kappa shape index (κ2) is 8.01. The molecule has 2 aromatic rings. The van der Waals surface area contributed by atoms with Crippen molar-refractivity contribution in [3.05, 3.63) is 45.7 Å². The molecule has 7 heteroatoms. The van der Waals surface area contributed by atoms with Gasteiger partial charge in [0.25, 0.3) is 5.91 Å². The molecule has 130 valence electrons. The molecule has 0 fully saturated rings. The molecule has 0 atom stereocenters. The van der Waals surface area contributed by atoms with Crippen molar-refractivity contribution in [2.24, 2.45) is 0 Å². The Morgan fingerprint density at radius 1 is 1.29 bits per heavy atom. The molecule has 0 radical (unpaired) electrons. The number of halogens is 2. The predicted molar refractivity (Wildman–Crippen MR) is 97.7 cm³/mol. The van der Waals surface area contributed by atoms with Crippen molar-refractivity contribution in [2.45, 2.75) is 19.8 Å². The molecular weight excluding hydrogens is 347 g/mol. The number of nitrogens with one attached hydrogen (secondary N) is 2. The molecule has 0 saturated heterocycles. The van der Waals surface area contributed by atoms with E-state index in [2.05, 4.69) is 10.4 Å². The third-order valence-electron chi connectivity index (χ3n) is 3.66. The Labute approximate surface area is 152 Å². The summed E-state index contributed by atoms with van der Waals surface area (Å²) in [6, 6.07) is 5.31. The number of carbonyl (C=O) groups excluding carboxylic acids is 1. The maximum atomic E-state index is 12.5. The van der Waals surface area contributed by atoms with Gasteiger partial charge in [0.05, 0.1) is 60.4 Å². The molecule has 2 rings (SSSR count). The largest absolute Gasteiger partial charge is 0.346 e. The van der Waals surface area contributed by atoms with Gasteiger partial charge < -0.3 is 10.2 Å². The zero-order chi connectivity index (χ0) is 17.9. The number of quaternary nitrogens is 1. The Kier molecular flexibility index (Phi) is 6.27. The monoisotopic (exact) mass is 369 g/mol. The van der Waals surface area contributed by atoms with Crippen LogP contribution in [0.15, 0.2) is 24.4 Å². The van der Waals surface area contributed by atoms with Crippen molar-refractivity contribution < 1.29 is 9.69 Å². The third-order valence-corrected chi connectivity index (χ3v) is 4.40. The molecule has 0 spiro atoms. The second-order valence-corrected chi connectivity index (χ2v) is 7.14. The van der Waals surface area contributed by atoms with Gasteiger partial charge in [-0.2, -0.15) is 5.10 Å². The minimum atomic E-state index is -0.105. The Hall–Kier alpha value is -1.56. The SMILES string of the molecule is CC(C)c1c(C(=O)NCC[NH+](C)C)cnn1-c1ccc(Cl)c(Cl)c1. The molecule has 1 aromatic carbocycles. The minimum absolute atomic E-state index is 0.105. The molecule has 1 amide bonds. The van der Waals surface area contributed by atoms with Crippen molar-refractivity contribution >= 4 is 29.1 Å². The van der Waals surface area contributed by atoms with Crippen LogP contribution in [0.2, 0.25) is 10.0 Å². The van der Waals surface area contributed by atoms with Crippen molar-refractivity contribution in [2.75, 3.05) is 27.2 Å². The lowest BCUT2D eigenvalue weighted by Crippen LogP contribution is -3.06.